The summed E-state index contributed by atoms with van der Waals surface area (Å²) in [6.45, 7) is 17.7. The number of benzene rings is 5. The fraction of sp³-hybridized carbons (Fsp3) is 0.143. The Bertz CT molecular complexity index is 2220. The van der Waals surface area contributed by atoms with E-state index >= 15 is 0 Å². The minimum atomic E-state index is -0.210. The first-order valence-electron chi connectivity index (χ1n) is 15.3. The monoisotopic (exact) mass is 569 g/mol. The third kappa shape index (κ3) is 3.55. The summed E-state index contributed by atoms with van der Waals surface area (Å²) in [5.41, 5.74) is 14.8. The Labute approximate surface area is 259 Å². The van der Waals surface area contributed by atoms with Gasteiger partial charge in [-0.1, -0.05) is 120 Å². The summed E-state index contributed by atoms with van der Waals surface area (Å²) in [7, 11) is 0. The summed E-state index contributed by atoms with van der Waals surface area (Å²) < 4.78 is 6.62. The molecule has 0 amide bonds. The highest BCUT2D eigenvalue weighted by Crippen LogP contribution is 2.53. The summed E-state index contributed by atoms with van der Waals surface area (Å²) in [4.78, 5) is 2.37. The van der Waals surface area contributed by atoms with Crippen LogP contribution in [0.15, 0.2) is 138 Å². The summed E-state index contributed by atoms with van der Waals surface area (Å²) in [5, 5.41) is 2.24. The van der Waals surface area contributed by atoms with E-state index in [0.29, 0.717) is 0 Å². The zero-order valence-electron chi connectivity index (χ0n) is 25.7. The molecule has 5 aromatic carbocycles. The van der Waals surface area contributed by atoms with Gasteiger partial charge in [-0.3, -0.25) is 0 Å². The third-order valence-corrected chi connectivity index (χ3v) is 10.0. The maximum Gasteiger partial charge on any atom is 0.159 e. The predicted octanol–water partition coefficient (Wildman–Crippen LogP) is 11.8. The van der Waals surface area contributed by atoms with Crippen LogP contribution in [-0.2, 0) is 10.8 Å². The molecule has 214 valence electrons. The average Bonchev–Trinajstić information content (AvgIpc) is 3.59. The van der Waals surface area contributed by atoms with Crippen molar-refractivity contribution in [1.82, 2.24) is 0 Å². The Kier molecular flexibility index (Phi) is 5.55. The molecule has 0 saturated heterocycles. The van der Waals surface area contributed by atoms with Gasteiger partial charge in [-0.2, -0.15) is 0 Å². The van der Waals surface area contributed by atoms with Crippen molar-refractivity contribution < 1.29 is 4.42 Å². The van der Waals surface area contributed by atoms with Gasteiger partial charge in [0, 0.05) is 33.0 Å². The Morgan fingerprint density at radius 1 is 0.636 bits per heavy atom. The maximum absolute atomic E-state index is 6.62. The number of para-hydroxylation sites is 2. The van der Waals surface area contributed by atoms with Gasteiger partial charge < -0.3 is 9.32 Å². The van der Waals surface area contributed by atoms with Gasteiger partial charge in [0.1, 0.15) is 5.58 Å². The van der Waals surface area contributed by atoms with E-state index in [9.17, 15) is 0 Å². The molecular weight excluding hydrogens is 534 g/mol. The predicted molar refractivity (Wildman–Crippen MR) is 186 cm³/mol. The smallest absolute Gasteiger partial charge is 0.159 e. The summed E-state index contributed by atoms with van der Waals surface area (Å²) in [6, 6.07) is 37.4. The van der Waals surface area contributed by atoms with Gasteiger partial charge in [0.15, 0.2) is 5.58 Å². The zero-order chi connectivity index (χ0) is 30.4. The Balaban J connectivity index is 1.40. The second-order valence-corrected chi connectivity index (χ2v) is 13.1. The van der Waals surface area contributed by atoms with Crippen LogP contribution in [0.1, 0.15) is 49.9 Å². The molecule has 0 fully saturated rings. The van der Waals surface area contributed by atoms with Gasteiger partial charge in [-0.15, -0.1) is 0 Å². The van der Waals surface area contributed by atoms with Crippen molar-refractivity contribution >= 4 is 44.6 Å². The SMILES string of the molecule is C=C/C=C1\C(=C)C(C)(C)c2cc(N(c3ccc4c(c3)C(C)(C)c3ccccc3-4)c3cccc4c3oc3ccccc34)ccc21. The van der Waals surface area contributed by atoms with Crippen molar-refractivity contribution in [3.8, 4) is 11.1 Å². The van der Waals surface area contributed by atoms with Gasteiger partial charge in [-0.25, -0.2) is 0 Å². The van der Waals surface area contributed by atoms with Crippen molar-refractivity contribution in [3.63, 3.8) is 0 Å². The molecule has 0 radical (unpaired) electrons. The molecule has 0 spiro atoms. The topological polar surface area (TPSA) is 16.4 Å². The van der Waals surface area contributed by atoms with Crippen molar-refractivity contribution in [2.75, 3.05) is 4.90 Å². The third-order valence-electron chi connectivity index (χ3n) is 10.0. The van der Waals surface area contributed by atoms with E-state index in [1.807, 2.05) is 12.1 Å². The number of allylic oxidation sites excluding steroid dienone is 4. The highest BCUT2D eigenvalue weighted by Gasteiger charge is 2.38. The molecule has 0 atom stereocenters. The van der Waals surface area contributed by atoms with E-state index in [-0.39, 0.29) is 10.8 Å². The maximum atomic E-state index is 6.62. The van der Waals surface area contributed by atoms with E-state index in [1.165, 1.54) is 33.4 Å². The lowest BCUT2D eigenvalue weighted by Crippen LogP contribution is -2.17. The zero-order valence-corrected chi connectivity index (χ0v) is 25.7. The van der Waals surface area contributed by atoms with Crippen LogP contribution >= 0.6 is 0 Å². The summed E-state index contributed by atoms with van der Waals surface area (Å²) in [5.74, 6) is 0. The molecule has 0 saturated carbocycles. The number of anilines is 3. The lowest BCUT2D eigenvalue weighted by atomic mass is 9.82. The number of hydrogen-bond donors (Lipinski definition) is 0. The summed E-state index contributed by atoms with van der Waals surface area (Å²) >= 11 is 0. The van der Waals surface area contributed by atoms with Crippen molar-refractivity contribution in [1.29, 1.82) is 0 Å². The fourth-order valence-electron chi connectivity index (χ4n) is 7.56. The molecule has 2 aliphatic rings. The van der Waals surface area contributed by atoms with Crippen LogP contribution in [0, 0.1) is 0 Å². The number of hydrogen-bond acceptors (Lipinski definition) is 2. The van der Waals surface area contributed by atoms with Crippen LogP contribution in [0.5, 0.6) is 0 Å². The molecule has 0 N–H and O–H groups in total. The number of furan rings is 1. The van der Waals surface area contributed by atoms with E-state index in [4.69, 9.17) is 4.42 Å². The second-order valence-electron chi connectivity index (χ2n) is 13.1. The molecule has 2 nitrogen and oxygen atoms in total. The van der Waals surface area contributed by atoms with Gasteiger partial charge in [0.2, 0.25) is 0 Å². The van der Waals surface area contributed by atoms with Crippen molar-refractivity contribution in [2.24, 2.45) is 0 Å². The molecule has 6 aromatic rings. The minimum absolute atomic E-state index is 0.110. The molecule has 2 aliphatic carbocycles. The summed E-state index contributed by atoms with van der Waals surface area (Å²) in [6.07, 6.45) is 3.95. The minimum Gasteiger partial charge on any atom is -0.454 e. The van der Waals surface area contributed by atoms with Crippen LogP contribution < -0.4 is 4.90 Å². The first kappa shape index (κ1) is 26.5. The van der Waals surface area contributed by atoms with Gasteiger partial charge in [-0.05, 0) is 80.9 Å². The van der Waals surface area contributed by atoms with Gasteiger partial charge in [0.25, 0.3) is 0 Å². The van der Waals surface area contributed by atoms with Crippen LogP contribution in [0.2, 0.25) is 0 Å². The quantitative estimate of drug-likeness (QED) is 0.210. The normalized spacial score (nSPS) is 16.7. The lowest BCUT2D eigenvalue weighted by Gasteiger charge is -2.29. The Morgan fingerprint density at radius 3 is 2.05 bits per heavy atom. The molecule has 1 heterocycles. The van der Waals surface area contributed by atoms with E-state index in [2.05, 4.69) is 149 Å². The van der Waals surface area contributed by atoms with Gasteiger partial charge >= 0.3 is 0 Å². The highest BCUT2D eigenvalue weighted by atomic mass is 16.3. The number of rotatable bonds is 4. The van der Waals surface area contributed by atoms with E-state index in [1.54, 1.807) is 0 Å². The van der Waals surface area contributed by atoms with Crippen molar-refractivity contribution in [3.05, 3.63) is 156 Å². The molecule has 0 unspecified atom stereocenters. The lowest BCUT2D eigenvalue weighted by molar-refractivity contribution is 0.660. The van der Waals surface area contributed by atoms with E-state index in [0.717, 1.165) is 50.1 Å². The first-order chi connectivity index (χ1) is 21.2. The van der Waals surface area contributed by atoms with Crippen LogP contribution in [0.3, 0.4) is 0 Å². The average molecular weight is 570 g/mol. The largest absolute Gasteiger partial charge is 0.454 e. The van der Waals surface area contributed by atoms with E-state index < -0.39 is 0 Å². The second kappa shape index (κ2) is 9.21. The highest BCUT2D eigenvalue weighted by molar-refractivity contribution is 6.10. The molecule has 8 rings (SSSR count). The fourth-order valence-corrected chi connectivity index (χ4v) is 7.56. The van der Waals surface area contributed by atoms with Crippen LogP contribution in [0.25, 0.3) is 38.6 Å². The molecule has 44 heavy (non-hydrogen) atoms. The van der Waals surface area contributed by atoms with Crippen LogP contribution in [0.4, 0.5) is 17.1 Å². The molecule has 0 bridgehead atoms. The molecule has 2 heteroatoms. The van der Waals surface area contributed by atoms with Gasteiger partial charge in [0.05, 0.1) is 5.69 Å². The standard InChI is InChI=1S/C42H35NO/c1-7-13-29-26(2)41(3,4)36-24-27(20-22-31(29)36)43(38-18-12-16-34-33-15-9-11-19-39(33)44-40(34)38)28-21-23-32-30-14-8-10-17-35(30)42(5,6)37(32)25-28/h7-25H,1-2H2,3-6H3/b29-13+. The number of nitrogens with zero attached hydrogens (tertiary/aromatic N) is 1. The van der Waals surface area contributed by atoms with Crippen LogP contribution in [-0.4, -0.2) is 0 Å². The number of fused-ring (bicyclic) bond motifs is 7. The first-order valence-corrected chi connectivity index (χ1v) is 15.3. The molecular formula is C42H35NO. The van der Waals surface area contributed by atoms with Crippen molar-refractivity contribution in [2.45, 2.75) is 38.5 Å². The Morgan fingerprint density at radius 2 is 1.27 bits per heavy atom. The molecule has 1 aromatic heterocycles. The molecule has 0 aliphatic heterocycles. The Hall–Kier alpha value is -5.08.